The molecule has 0 aliphatic carbocycles. The maximum atomic E-state index is 11.9. The Morgan fingerprint density at radius 1 is 1.42 bits per heavy atom. The molecule has 1 amide bonds. The van der Waals surface area contributed by atoms with Gasteiger partial charge in [-0.05, 0) is 39.2 Å². The van der Waals surface area contributed by atoms with Crippen LogP contribution in [0.5, 0.6) is 0 Å². The third kappa shape index (κ3) is 6.92. The van der Waals surface area contributed by atoms with Crippen LogP contribution in [0.1, 0.15) is 46.0 Å². The van der Waals surface area contributed by atoms with E-state index in [0.29, 0.717) is 12.5 Å². The molecule has 0 spiro atoms. The van der Waals surface area contributed by atoms with E-state index in [-0.39, 0.29) is 23.5 Å². The molecule has 2 atom stereocenters. The highest BCUT2D eigenvalue weighted by atomic mass is 32.2. The van der Waals surface area contributed by atoms with Crippen LogP contribution in [0.2, 0.25) is 0 Å². The van der Waals surface area contributed by atoms with Crippen molar-refractivity contribution in [1.29, 1.82) is 0 Å². The van der Waals surface area contributed by atoms with Crippen molar-refractivity contribution in [2.75, 3.05) is 18.1 Å². The van der Waals surface area contributed by atoms with Gasteiger partial charge in [0, 0.05) is 12.1 Å². The van der Waals surface area contributed by atoms with E-state index in [0.717, 1.165) is 25.8 Å². The summed E-state index contributed by atoms with van der Waals surface area (Å²) in [5.74, 6) is -0.672. The zero-order chi connectivity index (χ0) is 14.3. The van der Waals surface area contributed by atoms with Gasteiger partial charge in [-0.15, -0.1) is 0 Å². The predicted molar refractivity (Wildman–Crippen MR) is 76.8 cm³/mol. The topological polar surface area (TPSA) is 75.3 Å². The first-order chi connectivity index (χ1) is 8.93. The van der Waals surface area contributed by atoms with Crippen LogP contribution in [0.25, 0.3) is 0 Å². The van der Waals surface area contributed by atoms with Gasteiger partial charge in [-0.1, -0.05) is 13.3 Å². The molecule has 1 saturated heterocycles. The van der Waals surface area contributed by atoms with E-state index in [1.165, 1.54) is 6.42 Å². The summed E-state index contributed by atoms with van der Waals surface area (Å²) in [5, 5.41) is 6.01. The molecule has 1 rings (SSSR count). The van der Waals surface area contributed by atoms with E-state index >= 15 is 0 Å². The van der Waals surface area contributed by atoms with Crippen LogP contribution in [0.15, 0.2) is 0 Å². The number of amides is 1. The molecule has 19 heavy (non-hydrogen) atoms. The smallest absolute Gasteiger partial charge is 0.235 e. The van der Waals surface area contributed by atoms with Crippen molar-refractivity contribution in [2.24, 2.45) is 0 Å². The highest BCUT2D eigenvalue weighted by molar-refractivity contribution is 7.92. The minimum atomic E-state index is -3.29. The van der Waals surface area contributed by atoms with Crippen molar-refractivity contribution in [3.8, 4) is 0 Å². The molecular formula is C13H26N2O3S. The van der Waals surface area contributed by atoms with E-state index < -0.39 is 9.84 Å². The number of carbonyl (C=O) groups excluding carboxylic acids is 1. The molecule has 0 aromatic rings. The van der Waals surface area contributed by atoms with Gasteiger partial charge in [0.05, 0.1) is 5.75 Å². The number of nitrogens with one attached hydrogen (secondary N) is 2. The van der Waals surface area contributed by atoms with Gasteiger partial charge >= 0.3 is 0 Å². The summed E-state index contributed by atoms with van der Waals surface area (Å²) in [6, 6.07) is 0.323. The second kappa shape index (κ2) is 7.85. The normalized spacial score (nSPS) is 21.9. The maximum absolute atomic E-state index is 11.9. The van der Waals surface area contributed by atoms with Crippen LogP contribution in [-0.4, -0.2) is 44.5 Å². The van der Waals surface area contributed by atoms with Gasteiger partial charge in [-0.3, -0.25) is 4.79 Å². The van der Waals surface area contributed by atoms with Crippen LogP contribution in [0.4, 0.5) is 0 Å². The summed E-state index contributed by atoms with van der Waals surface area (Å²) >= 11 is 0. The van der Waals surface area contributed by atoms with E-state index in [9.17, 15) is 13.2 Å². The number of hydrogen-bond donors (Lipinski definition) is 2. The summed E-state index contributed by atoms with van der Waals surface area (Å²) in [4.78, 5) is 11.6. The third-order valence-corrected chi connectivity index (χ3v) is 5.12. The van der Waals surface area contributed by atoms with Gasteiger partial charge in [0.25, 0.3) is 0 Å². The minimum absolute atomic E-state index is 0.0303. The molecule has 1 aliphatic rings. The molecule has 0 radical (unpaired) electrons. The number of sulfone groups is 1. The second-order valence-corrected chi connectivity index (χ2v) is 7.59. The fourth-order valence-electron chi connectivity index (χ4n) is 2.18. The second-order valence-electron chi connectivity index (χ2n) is 5.40. The van der Waals surface area contributed by atoms with Crippen LogP contribution in [0, 0.1) is 0 Å². The SMILES string of the molecule is CCC(C)NC(=O)CS(=O)(=O)CCC1CCCCN1. The molecule has 112 valence electrons. The van der Waals surface area contributed by atoms with Gasteiger partial charge in [0.2, 0.25) is 5.91 Å². The lowest BCUT2D eigenvalue weighted by molar-refractivity contribution is -0.119. The zero-order valence-electron chi connectivity index (χ0n) is 11.9. The quantitative estimate of drug-likeness (QED) is 0.729. The molecule has 1 heterocycles. The van der Waals surface area contributed by atoms with Crippen molar-refractivity contribution in [3.63, 3.8) is 0 Å². The lowest BCUT2D eigenvalue weighted by atomic mass is 10.0. The Bertz CT molecular complexity index is 375. The van der Waals surface area contributed by atoms with Gasteiger partial charge in [0.1, 0.15) is 5.75 Å². The number of carbonyl (C=O) groups is 1. The summed E-state index contributed by atoms with van der Waals surface area (Å²) in [6.07, 6.45) is 4.78. The molecule has 1 fully saturated rings. The van der Waals surface area contributed by atoms with Crippen LogP contribution < -0.4 is 10.6 Å². The first kappa shape index (κ1) is 16.4. The maximum Gasteiger partial charge on any atom is 0.235 e. The Labute approximate surface area is 116 Å². The lowest BCUT2D eigenvalue weighted by Crippen LogP contribution is -2.39. The number of piperidine rings is 1. The molecule has 1 aliphatic heterocycles. The molecule has 0 bridgehead atoms. The summed E-state index contributed by atoms with van der Waals surface area (Å²) in [7, 11) is -3.29. The first-order valence-corrected chi connectivity index (χ1v) is 8.98. The van der Waals surface area contributed by atoms with Crippen LogP contribution >= 0.6 is 0 Å². The molecular weight excluding hydrogens is 264 g/mol. The Hall–Kier alpha value is -0.620. The summed E-state index contributed by atoms with van der Waals surface area (Å²) < 4.78 is 23.7. The fraction of sp³-hybridized carbons (Fsp3) is 0.923. The first-order valence-electron chi connectivity index (χ1n) is 7.16. The summed E-state index contributed by atoms with van der Waals surface area (Å²) in [6.45, 7) is 4.80. The third-order valence-electron chi connectivity index (χ3n) is 3.56. The molecule has 5 nitrogen and oxygen atoms in total. The standard InChI is InChI=1S/C13H26N2O3S/c1-3-11(2)15-13(16)10-19(17,18)9-7-12-6-4-5-8-14-12/h11-12,14H,3-10H2,1-2H3,(H,15,16). The van der Waals surface area contributed by atoms with Crippen molar-refractivity contribution in [3.05, 3.63) is 0 Å². The zero-order valence-corrected chi connectivity index (χ0v) is 12.8. The van der Waals surface area contributed by atoms with E-state index in [2.05, 4.69) is 10.6 Å². The number of hydrogen-bond acceptors (Lipinski definition) is 4. The van der Waals surface area contributed by atoms with Gasteiger partial charge < -0.3 is 10.6 Å². The molecule has 2 N–H and O–H groups in total. The Morgan fingerprint density at radius 2 is 2.16 bits per heavy atom. The Morgan fingerprint density at radius 3 is 2.74 bits per heavy atom. The Kier molecular flexibility index (Phi) is 6.79. The van der Waals surface area contributed by atoms with E-state index in [1.807, 2.05) is 13.8 Å². The van der Waals surface area contributed by atoms with Gasteiger partial charge in [-0.2, -0.15) is 0 Å². The van der Waals surface area contributed by atoms with Crippen LogP contribution in [0.3, 0.4) is 0 Å². The molecule has 0 aromatic carbocycles. The Balaban J connectivity index is 2.32. The van der Waals surface area contributed by atoms with Crippen molar-refractivity contribution in [1.82, 2.24) is 10.6 Å². The largest absolute Gasteiger partial charge is 0.353 e. The molecule has 2 unspecified atom stereocenters. The predicted octanol–water partition coefficient (Wildman–Crippen LogP) is 0.848. The highest BCUT2D eigenvalue weighted by Gasteiger charge is 2.20. The van der Waals surface area contributed by atoms with Crippen molar-refractivity contribution in [2.45, 2.75) is 58.0 Å². The van der Waals surface area contributed by atoms with E-state index in [1.54, 1.807) is 0 Å². The van der Waals surface area contributed by atoms with E-state index in [4.69, 9.17) is 0 Å². The fourth-order valence-corrected chi connectivity index (χ4v) is 3.45. The van der Waals surface area contributed by atoms with Crippen molar-refractivity contribution >= 4 is 15.7 Å². The molecule has 0 aromatic heterocycles. The van der Waals surface area contributed by atoms with Gasteiger partial charge in [0.15, 0.2) is 9.84 Å². The lowest BCUT2D eigenvalue weighted by Gasteiger charge is -2.23. The highest BCUT2D eigenvalue weighted by Crippen LogP contribution is 2.11. The van der Waals surface area contributed by atoms with Crippen molar-refractivity contribution < 1.29 is 13.2 Å². The number of rotatable bonds is 7. The molecule has 0 saturated carbocycles. The summed E-state index contributed by atoms with van der Waals surface area (Å²) in [5.41, 5.74) is 0. The van der Waals surface area contributed by atoms with Crippen LogP contribution in [-0.2, 0) is 14.6 Å². The average Bonchev–Trinajstić information content (AvgIpc) is 2.37. The minimum Gasteiger partial charge on any atom is -0.353 e. The van der Waals surface area contributed by atoms with Gasteiger partial charge in [-0.25, -0.2) is 8.42 Å². The monoisotopic (exact) mass is 290 g/mol. The molecule has 6 heteroatoms. The average molecular weight is 290 g/mol.